The third-order valence-electron chi connectivity index (χ3n) is 10.8. The Balaban J connectivity index is 1.02. The van der Waals surface area contributed by atoms with E-state index in [1.165, 1.54) is 81.7 Å². The van der Waals surface area contributed by atoms with E-state index in [-0.39, 0.29) is 0 Å². The standard InChI is InChI=1S/C50H30O/c1-4-16-42-37(12-1)38-13-2-5-17-43(38)50-45-27-25-35(29-46(45)39-14-3-6-18-44(39)49(42)50)32-22-20-31(21-23-32)33-10-9-11-34(28-33)36-24-26-41-40-15-7-8-19-47(40)51-48(41)30-36/h1-30H. The topological polar surface area (TPSA) is 13.1 Å². The molecule has 0 bridgehead atoms. The predicted molar refractivity (Wildman–Crippen MR) is 218 cm³/mol. The minimum atomic E-state index is 0.918. The average molecular weight is 647 g/mol. The molecule has 0 saturated carbocycles. The molecule has 1 heterocycles. The Morgan fingerprint density at radius 2 is 0.608 bits per heavy atom. The highest BCUT2D eigenvalue weighted by atomic mass is 16.3. The minimum absolute atomic E-state index is 0.918. The van der Waals surface area contributed by atoms with Crippen molar-refractivity contribution in [3.05, 3.63) is 182 Å². The highest BCUT2D eigenvalue weighted by Crippen LogP contribution is 2.44. The van der Waals surface area contributed by atoms with Crippen LogP contribution in [0.3, 0.4) is 0 Å². The smallest absolute Gasteiger partial charge is 0.136 e. The summed E-state index contributed by atoms with van der Waals surface area (Å²) in [4.78, 5) is 0. The van der Waals surface area contributed by atoms with Gasteiger partial charge in [-0.2, -0.15) is 0 Å². The summed E-state index contributed by atoms with van der Waals surface area (Å²) in [6, 6.07) is 66.3. The van der Waals surface area contributed by atoms with E-state index in [2.05, 4.69) is 170 Å². The van der Waals surface area contributed by atoms with Gasteiger partial charge < -0.3 is 4.42 Å². The van der Waals surface area contributed by atoms with Crippen molar-refractivity contribution in [1.29, 1.82) is 0 Å². The molecule has 0 saturated heterocycles. The lowest BCUT2D eigenvalue weighted by Gasteiger charge is -2.17. The van der Waals surface area contributed by atoms with Gasteiger partial charge in [0.1, 0.15) is 11.2 Å². The van der Waals surface area contributed by atoms with Gasteiger partial charge in [0.15, 0.2) is 0 Å². The van der Waals surface area contributed by atoms with Crippen LogP contribution in [-0.4, -0.2) is 0 Å². The van der Waals surface area contributed by atoms with Gasteiger partial charge in [0, 0.05) is 10.8 Å². The molecule has 0 aliphatic carbocycles. The first kappa shape index (κ1) is 28.2. The summed E-state index contributed by atoms with van der Waals surface area (Å²) in [5.41, 5.74) is 8.98. The lowest BCUT2D eigenvalue weighted by Crippen LogP contribution is -1.89. The van der Waals surface area contributed by atoms with Crippen molar-refractivity contribution < 1.29 is 4.42 Å². The lowest BCUT2D eigenvalue weighted by atomic mass is 9.86. The fourth-order valence-corrected chi connectivity index (χ4v) is 8.44. The van der Waals surface area contributed by atoms with Gasteiger partial charge in [0.25, 0.3) is 0 Å². The molecule has 0 aliphatic heterocycles. The van der Waals surface area contributed by atoms with Crippen molar-refractivity contribution in [3.8, 4) is 33.4 Å². The second-order valence-corrected chi connectivity index (χ2v) is 13.6. The molecule has 10 aromatic carbocycles. The van der Waals surface area contributed by atoms with Crippen molar-refractivity contribution in [2.75, 3.05) is 0 Å². The number of hydrogen-bond donors (Lipinski definition) is 0. The molecule has 0 aliphatic rings. The van der Waals surface area contributed by atoms with Crippen molar-refractivity contribution in [1.82, 2.24) is 0 Å². The molecule has 0 spiro atoms. The van der Waals surface area contributed by atoms with Crippen LogP contribution in [-0.2, 0) is 0 Å². The third kappa shape index (κ3) is 4.28. The van der Waals surface area contributed by atoms with Crippen LogP contribution < -0.4 is 0 Å². The van der Waals surface area contributed by atoms with Crippen LogP contribution in [0.2, 0.25) is 0 Å². The zero-order chi connectivity index (χ0) is 33.5. The maximum absolute atomic E-state index is 6.19. The molecule has 0 N–H and O–H groups in total. The molecule has 1 aromatic heterocycles. The summed E-state index contributed by atoms with van der Waals surface area (Å²) >= 11 is 0. The van der Waals surface area contributed by atoms with Crippen molar-refractivity contribution in [2.24, 2.45) is 0 Å². The quantitative estimate of drug-likeness (QED) is 0.174. The summed E-state index contributed by atoms with van der Waals surface area (Å²) in [7, 11) is 0. The maximum Gasteiger partial charge on any atom is 0.136 e. The molecule has 236 valence electrons. The van der Waals surface area contributed by atoms with Crippen LogP contribution in [0.15, 0.2) is 186 Å². The Hall–Kier alpha value is -6.70. The molecule has 51 heavy (non-hydrogen) atoms. The Kier molecular flexibility index (Phi) is 6.02. The first-order valence-electron chi connectivity index (χ1n) is 17.6. The molecule has 0 amide bonds. The second kappa shape index (κ2) is 10.9. The van der Waals surface area contributed by atoms with Crippen LogP contribution in [0, 0.1) is 0 Å². The van der Waals surface area contributed by atoms with Gasteiger partial charge in [-0.15, -0.1) is 0 Å². The van der Waals surface area contributed by atoms with E-state index in [1.807, 2.05) is 12.1 Å². The predicted octanol–water partition coefficient (Wildman–Crippen LogP) is 14.4. The van der Waals surface area contributed by atoms with Gasteiger partial charge in [-0.1, -0.05) is 152 Å². The molecule has 1 nitrogen and oxygen atoms in total. The van der Waals surface area contributed by atoms with Gasteiger partial charge in [0.2, 0.25) is 0 Å². The zero-order valence-electron chi connectivity index (χ0n) is 27.7. The Morgan fingerprint density at radius 3 is 1.22 bits per heavy atom. The Bertz CT molecular complexity index is 3180. The molecular weight excluding hydrogens is 617 g/mol. The maximum atomic E-state index is 6.19. The summed E-state index contributed by atoms with van der Waals surface area (Å²) in [5.74, 6) is 0. The summed E-state index contributed by atoms with van der Waals surface area (Å²) in [6.45, 7) is 0. The summed E-state index contributed by atoms with van der Waals surface area (Å²) < 4.78 is 6.19. The van der Waals surface area contributed by atoms with Crippen molar-refractivity contribution in [3.63, 3.8) is 0 Å². The highest BCUT2D eigenvalue weighted by molar-refractivity contribution is 6.39. The minimum Gasteiger partial charge on any atom is -0.456 e. The fourth-order valence-electron chi connectivity index (χ4n) is 8.44. The SMILES string of the molecule is c1cc(-c2ccc(-c3ccc4c(c3)c3ccccc3c3c5ccccc5c5ccccc5c43)cc2)cc(-c2ccc3c(c2)oc2ccccc23)c1. The van der Waals surface area contributed by atoms with Crippen LogP contribution >= 0.6 is 0 Å². The van der Waals surface area contributed by atoms with E-state index < -0.39 is 0 Å². The number of hydrogen-bond acceptors (Lipinski definition) is 1. The van der Waals surface area contributed by atoms with E-state index in [9.17, 15) is 0 Å². The molecule has 0 radical (unpaired) electrons. The molecule has 0 fully saturated rings. The largest absolute Gasteiger partial charge is 0.456 e. The monoisotopic (exact) mass is 646 g/mol. The fraction of sp³-hybridized carbons (Fsp3) is 0. The summed E-state index contributed by atoms with van der Waals surface area (Å²) in [6.07, 6.45) is 0. The number of para-hydroxylation sites is 1. The molecule has 0 atom stereocenters. The van der Waals surface area contributed by atoms with Crippen molar-refractivity contribution >= 4 is 75.8 Å². The second-order valence-electron chi connectivity index (χ2n) is 13.6. The van der Waals surface area contributed by atoms with Gasteiger partial charge in [-0.05, 0) is 118 Å². The van der Waals surface area contributed by atoms with Gasteiger partial charge in [-0.3, -0.25) is 0 Å². The van der Waals surface area contributed by atoms with E-state index in [0.717, 1.165) is 27.5 Å². The van der Waals surface area contributed by atoms with E-state index in [1.54, 1.807) is 0 Å². The van der Waals surface area contributed by atoms with Gasteiger partial charge >= 0.3 is 0 Å². The van der Waals surface area contributed by atoms with Crippen LogP contribution in [0.25, 0.3) is 109 Å². The van der Waals surface area contributed by atoms with Gasteiger partial charge in [0.05, 0.1) is 0 Å². The third-order valence-corrected chi connectivity index (χ3v) is 10.8. The first-order valence-corrected chi connectivity index (χ1v) is 17.6. The molecule has 11 rings (SSSR count). The van der Waals surface area contributed by atoms with Crippen LogP contribution in [0.4, 0.5) is 0 Å². The molecule has 0 unspecified atom stereocenters. The van der Waals surface area contributed by atoms with Crippen LogP contribution in [0.5, 0.6) is 0 Å². The molecule has 11 aromatic rings. The average Bonchev–Trinajstić information content (AvgIpc) is 3.59. The normalized spacial score (nSPS) is 11.9. The summed E-state index contributed by atoms with van der Waals surface area (Å²) in [5, 5.41) is 15.4. The molecule has 1 heteroatoms. The van der Waals surface area contributed by atoms with E-state index in [0.29, 0.717) is 0 Å². The van der Waals surface area contributed by atoms with E-state index >= 15 is 0 Å². The number of rotatable bonds is 3. The number of benzene rings is 10. The highest BCUT2D eigenvalue weighted by Gasteiger charge is 2.16. The van der Waals surface area contributed by atoms with Crippen LogP contribution in [0.1, 0.15) is 0 Å². The Morgan fingerprint density at radius 1 is 0.216 bits per heavy atom. The Labute approximate surface area is 294 Å². The first-order chi connectivity index (χ1) is 25.3. The van der Waals surface area contributed by atoms with Gasteiger partial charge in [-0.25, -0.2) is 0 Å². The molecular formula is C50H30O. The van der Waals surface area contributed by atoms with Crippen molar-refractivity contribution in [2.45, 2.75) is 0 Å². The lowest BCUT2D eigenvalue weighted by molar-refractivity contribution is 0.669. The zero-order valence-corrected chi connectivity index (χ0v) is 27.7. The number of fused-ring (bicyclic) bond motifs is 14. The van der Waals surface area contributed by atoms with E-state index in [4.69, 9.17) is 4.42 Å². The number of furan rings is 1.